The molecule has 0 amide bonds. The third kappa shape index (κ3) is 4.17. The van der Waals surface area contributed by atoms with Crippen LogP contribution in [0.15, 0.2) is 36.4 Å². The highest BCUT2D eigenvalue weighted by Gasteiger charge is 2.21. The largest absolute Gasteiger partial charge is 0.383 e. The first-order valence-electron chi connectivity index (χ1n) is 9.71. The van der Waals surface area contributed by atoms with Gasteiger partial charge in [-0.3, -0.25) is 0 Å². The summed E-state index contributed by atoms with van der Waals surface area (Å²) in [6.07, 6.45) is 6.39. The van der Waals surface area contributed by atoms with Crippen LogP contribution in [-0.4, -0.2) is 6.54 Å². The van der Waals surface area contributed by atoms with Gasteiger partial charge < -0.3 is 10.6 Å². The van der Waals surface area contributed by atoms with Crippen molar-refractivity contribution in [2.75, 3.05) is 17.2 Å². The molecule has 0 atom stereocenters. The van der Waals surface area contributed by atoms with Gasteiger partial charge >= 0.3 is 0 Å². The van der Waals surface area contributed by atoms with Gasteiger partial charge in [0.15, 0.2) is 11.6 Å². The molecule has 2 N–H and O–H groups in total. The molecular formula is C22H28F2N2. The van der Waals surface area contributed by atoms with Crippen LogP contribution in [0.5, 0.6) is 0 Å². The number of benzene rings is 2. The Morgan fingerprint density at radius 2 is 1.46 bits per heavy atom. The number of halogens is 2. The number of hydrogen-bond acceptors (Lipinski definition) is 2. The van der Waals surface area contributed by atoms with Gasteiger partial charge in [-0.2, -0.15) is 0 Å². The molecule has 0 heterocycles. The van der Waals surface area contributed by atoms with Crippen LogP contribution in [0.1, 0.15) is 57.4 Å². The van der Waals surface area contributed by atoms with Crippen LogP contribution in [0.25, 0.3) is 0 Å². The van der Waals surface area contributed by atoms with Crippen molar-refractivity contribution >= 4 is 17.1 Å². The van der Waals surface area contributed by atoms with E-state index in [2.05, 4.69) is 29.7 Å². The minimum Gasteiger partial charge on any atom is -0.383 e. The molecule has 1 aliphatic rings. The van der Waals surface area contributed by atoms with Crippen molar-refractivity contribution in [2.24, 2.45) is 5.92 Å². The van der Waals surface area contributed by atoms with Crippen molar-refractivity contribution in [1.29, 1.82) is 0 Å². The van der Waals surface area contributed by atoms with Gasteiger partial charge in [0.2, 0.25) is 0 Å². The Kier molecular flexibility index (Phi) is 6.12. The molecule has 3 rings (SSSR count). The Morgan fingerprint density at radius 3 is 2.08 bits per heavy atom. The van der Waals surface area contributed by atoms with Gasteiger partial charge in [0.25, 0.3) is 0 Å². The van der Waals surface area contributed by atoms with E-state index in [0.717, 1.165) is 11.6 Å². The molecule has 2 nitrogen and oxygen atoms in total. The summed E-state index contributed by atoms with van der Waals surface area (Å²) in [6.45, 7) is 4.67. The zero-order valence-electron chi connectivity index (χ0n) is 15.6. The minimum absolute atomic E-state index is 0.153. The van der Waals surface area contributed by atoms with E-state index in [0.29, 0.717) is 12.5 Å². The van der Waals surface area contributed by atoms with Crippen molar-refractivity contribution < 1.29 is 8.78 Å². The highest BCUT2D eigenvalue weighted by atomic mass is 19.2. The van der Waals surface area contributed by atoms with E-state index in [1.807, 2.05) is 19.1 Å². The summed E-state index contributed by atoms with van der Waals surface area (Å²) in [6, 6.07) is 11.3. The Hall–Kier alpha value is -2.10. The average Bonchev–Trinajstić information content (AvgIpc) is 2.68. The SMILES string of the molecule is CCNc1ccc(Nc2ccc(C3CCC(CC)CC3)cc2)c(F)c1F. The third-order valence-electron chi connectivity index (χ3n) is 5.53. The lowest BCUT2D eigenvalue weighted by Crippen LogP contribution is -2.12. The van der Waals surface area contributed by atoms with Crippen molar-refractivity contribution in [3.05, 3.63) is 53.6 Å². The van der Waals surface area contributed by atoms with Gasteiger partial charge in [0, 0.05) is 12.2 Å². The molecule has 0 aliphatic heterocycles. The van der Waals surface area contributed by atoms with Gasteiger partial charge in [-0.25, -0.2) is 8.78 Å². The van der Waals surface area contributed by atoms with E-state index in [1.165, 1.54) is 37.7 Å². The van der Waals surface area contributed by atoms with Crippen LogP contribution in [0.2, 0.25) is 0 Å². The Morgan fingerprint density at radius 1 is 0.846 bits per heavy atom. The fourth-order valence-electron chi connectivity index (χ4n) is 3.87. The second-order valence-electron chi connectivity index (χ2n) is 7.19. The van der Waals surface area contributed by atoms with E-state index >= 15 is 0 Å². The first-order chi connectivity index (χ1) is 12.6. The molecule has 1 saturated carbocycles. The Balaban J connectivity index is 1.67. The summed E-state index contributed by atoms with van der Waals surface area (Å²) in [5, 5.41) is 5.80. The molecular weight excluding hydrogens is 330 g/mol. The monoisotopic (exact) mass is 358 g/mol. The number of hydrogen-bond donors (Lipinski definition) is 2. The van der Waals surface area contributed by atoms with E-state index in [9.17, 15) is 8.78 Å². The molecule has 0 saturated heterocycles. The summed E-state index contributed by atoms with van der Waals surface area (Å²) < 4.78 is 28.3. The topological polar surface area (TPSA) is 24.1 Å². The molecule has 0 unspecified atom stereocenters. The maximum atomic E-state index is 14.2. The Bertz CT molecular complexity index is 720. The fourth-order valence-corrected chi connectivity index (χ4v) is 3.87. The molecule has 2 aromatic rings. The van der Waals surface area contributed by atoms with Gasteiger partial charge in [0.05, 0.1) is 11.4 Å². The first-order valence-corrected chi connectivity index (χ1v) is 9.71. The second-order valence-corrected chi connectivity index (χ2v) is 7.19. The van der Waals surface area contributed by atoms with Gasteiger partial charge in [-0.05, 0) is 74.3 Å². The summed E-state index contributed by atoms with van der Waals surface area (Å²) in [7, 11) is 0. The average molecular weight is 358 g/mol. The van der Waals surface area contributed by atoms with E-state index in [4.69, 9.17) is 0 Å². The zero-order valence-corrected chi connectivity index (χ0v) is 15.6. The molecule has 2 aromatic carbocycles. The molecule has 1 fully saturated rings. The van der Waals surface area contributed by atoms with E-state index in [1.54, 1.807) is 12.1 Å². The van der Waals surface area contributed by atoms with Crippen LogP contribution in [0.4, 0.5) is 25.8 Å². The smallest absolute Gasteiger partial charge is 0.184 e. The summed E-state index contributed by atoms with van der Waals surface area (Å²) in [4.78, 5) is 0. The lowest BCUT2D eigenvalue weighted by Gasteiger charge is -2.28. The summed E-state index contributed by atoms with van der Waals surface area (Å²) in [5.41, 5.74) is 2.46. The zero-order chi connectivity index (χ0) is 18.5. The third-order valence-corrected chi connectivity index (χ3v) is 5.53. The summed E-state index contributed by atoms with van der Waals surface area (Å²) in [5.74, 6) is -0.192. The van der Waals surface area contributed by atoms with Crippen LogP contribution in [0.3, 0.4) is 0 Å². The van der Waals surface area contributed by atoms with Crippen LogP contribution in [0, 0.1) is 17.6 Å². The molecule has 26 heavy (non-hydrogen) atoms. The summed E-state index contributed by atoms with van der Waals surface area (Å²) >= 11 is 0. The lowest BCUT2D eigenvalue weighted by molar-refractivity contribution is 0.319. The van der Waals surface area contributed by atoms with Crippen LogP contribution < -0.4 is 10.6 Å². The van der Waals surface area contributed by atoms with Crippen LogP contribution >= 0.6 is 0 Å². The van der Waals surface area contributed by atoms with Crippen molar-refractivity contribution in [3.8, 4) is 0 Å². The molecule has 0 bridgehead atoms. The molecule has 0 aromatic heterocycles. The standard InChI is InChI=1S/C22H28F2N2/c1-3-15-5-7-16(8-6-15)17-9-11-18(12-10-17)26-20-14-13-19(25-4-2)21(23)22(20)24/h9-16,25-26H,3-8H2,1-2H3. The predicted octanol–water partition coefficient (Wildman–Crippen LogP) is 6.82. The van der Waals surface area contributed by atoms with Crippen molar-refractivity contribution in [2.45, 2.75) is 51.9 Å². The predicted molar refractivity (Wildman–Crippen MR) is 105 cm³/mol. The normalized spacial score (nSPS) is 20.0. The van der Waals surface area contributed by atoms with Gasteiger partial charge in [-0.15, -0.1) is 0 Å². The molecule has 0 spiro atoms. The maximum Gasteiger partial charge on any atom is 0.184 e. The molecule has 0 radical (unpaired) electrons. The highest BCUT2D eigenvalue weighted by molar-refractivity contribution is 5.64. The molecule has 140 valence electrons. The fraction of sp³-hybridized carbons (Fsp3) is 0.455. The van der Waals surface area contributed by atoms with E-state index in [-0.39, 0.29) is 11.4 Å². The van der Waals surface area contributed by atoms with Gasteiger partial charge in [-0.1, -0.05) is 25.5 Å². The quantitative estimate of drug-likeness (QED) is 0.592. The van der Waals surface area contributed by atoms with Crippen molar-refractivity contribution in [3.63, 3.8) is 0 Å². The molecule has 1 aliphatic carbocycles. The van der Waals surface area contributed by atoms with Crippen LogP contribution in [-0.2, 0) is 0 Å². The van der Waals surface area contributed by atoms with Crippen molar-refractivity contribution in [1.82, 2.24) is 0 Å². The Labute approximate surface area is 155 Å². The highest BCUT2D eigenvalue weighted by Crippen LogP contribution is 2.37. The number of anilines is 3. The minimum atomic E-state index is -0.856. The second kappa shape index (κ2) is 8.52. The molecule has 4 heteroatoms. The van der Waals surface area contributed by atoms with Gasteiger partial charge in [0.1, 0.15) is 0 Å². The number of nitrogens with one attached hydrogen (secondary N) is 2. The maximum absolute atomic E-state index is 14.2. The first kappa shape index (κ1) is 18.7. The van der Waals surface area contributed by atoms with E-state index < -0.39 is 11.6 Å². The lowest BCUT2D eigenvalue weighted by atomic mass is 9.78. The number of rotatable bonds is 6.